The van der Waals surface area contributed by atoms with Crippen molar-refractivity contribution >= 4 is 5.91 Å². The maximum absolute atomic E-state index is 11.8. The Hall–Kier alpha value is -0.570. The summed E-state index contributed by atoms with van der Waals surface area (Å²) in [5.74, 6) is 0.898. The molecular weight excluding hydrogens is 188 g/mol. The van der Waals surface area contributed by atoms with Crippen LogP contribution in [0.3, 0.4) is 0 Å². The van der Waals surface area contributed by atoms with Gasteiger partial charge in [-0.25, -0.2) is 0 Å². The predicted molar refractivity (Wildman–Crippen MR) is 60.2 cm³/mol. The molecule has 1 N–H and O–H groups in total. The fourth-order valence-electron chi connectivity index (χ4n) is 2.85. The first-order valence-corrected chi connectivity index (χ1v) is 5.80. The van der Waals surface area contributed by atoms with Crippen molar-refractivity contribution in [1.29, 1.82) is 0 Å². The molecule has 1 amide bonds. The van der Waals surface area contributed by atoms with Crippen molar-refractivity contribution in [1.82, 2.24) is 10.2 Å². The molecule has 0 radical (unpaired) electrons. The molecule has 1 heterocycles. The molecule has 3 heteroatoms. The molecule has 1 saturated carbocycles. The summed E-state index contributed by atoms with van der Waals surface area (Å²) in [7, 11) is 0. The van der Waals surface area contributed by atoms with Crippen molar-refractivity contribution < 1.29 is 4.79 Å². The zero-order chi connectivity index (χ0) is 11.4. The topological polar surface area (TPSA) is 32.3 Å². The molecule has 2 rings (SSSR count). The maximum atomic E-state index is 11.8. The van der Waals surface area contributed by atoms with Crippen LogP contribution in [0.5, 0.6) is 0 Å². The van der Waals surface area contributed by atoms with Crippen LogP contribution in [0.15, 0.2) is 0 Å². The lowest BCUT2D eigenvalue weighted by Crippen LogP contribution is -2.31. The lowest BCUT2D eigenvalue weighted by Gasteiger charge is -2.16. The molecule has 0 bridgehead atoms. The van der Waals surface area contributed by atoms with E-state index in [4.69, 9.17) is 0 Å². The molecule has 0 aromatic rings. The molecule has 1 saturated heterocycles. The molecule has 0 spiro atoms. The van der Waals surface area contributed by atoms with E-state index >= 15 is 0 Å². The highest BCUT2D eigenvalue weighted by Gasteiger charge is 2.64. The first-order chi connectivity index (χ1) is 6.78. The highest BCUT2D eigenvalue weighted by atomic mass is 16.2. The second-order valence-corrected chi connectivity index (χ2v) is 6.14. The van der Waals surface area contributed by atoms with Crippen molar-refractivity contribution in [3.05, 3.63) is 0 Å². The molecule has 86 valence electrons. The highest BCUT2D eigenvalue weighted by molar-refractivity contribution is 5.83. The van der Waals surface area contributed by atoms with E-state index < -0.39 is 0 Å². The number of carbonyl (C=O) groups is 1. The SMILES string of the molecule is CC1NCN(CC2C(C)(C)C2(C)C)C1=O. The summed E-state index contributed by atoms with van der Waals surface area (Å²) in [6.45, 7) is 12.8. The lowest BCUT2D eigenvalue weighted by atomic mass is 10.0. The quantitative estimate of drug-likeness (QED) is 0.748. The van der Waals surface area contributed by atoms with Crippen LogP contribution in [0.25, 0.3) is 0 Å². The van der Waals surface area contributed by atoms with Crippen molar-refractivity contribution in [2.45, 2.75) is 40.7 Å². The summed E-state index contributed by atoms with van der Waals surface area (Å²) < 4.78 is 0. The number of rotatable bonds is 2. The van der Waals surface area contributed by atoms with Crippen LogP contribution in [0.4, 0.5) is 0 Å². The zero-order valence-electron chi connectivity index (χ0n) is 10.4. The van der Waals surface area contributed by atoms with Gasteiger partial charge in [-0.1, -0.05) is 27.7 Å². The predicted octanol–water partition coefficient (Wildman–Crippen LogP) is 1.45. The van der Waals surface area contributed by atoms with Crippen LogP contribution < -0.4 is 5.32 Å². The van der Waals surface area contributed by atoms with Gasteiger partial charge in [0.25, 0.3) is 0 Å². The van der Waals surface area contributed by atoms with E-state index in [2.05, 4.69) is 33.0 Å². The fourth-order valence-corrected chi connectivity index (χ4v) is 2.85. The average molecular weight is 210 g/mol. The van der Waals surface area contributed by atoms with Gasteiger partial charge >= 0.3 is 0 Å². The molecule has 1 unspecified atom stereocenters. The van der Waals surface area contributed by atoms with E-state index in [-0.39, 0.29) is 11.9 Å². The smallest absolute Gasteiger partial charge is 0.240 e. The molecule has 1 aliphatic carbocycles. The Bertz CT molecular complexity index is 282. The van der Waals surface area contributed by atoms with Crippen LogP contribution >= 0.6 is 0 Å². The summed E-state index contributed by atoms with van der Waals surface area (Å²) in [5, 5.41) is 3.18. The molecule has 2 fully saturated rings. The van der Waals surface area contributed by atoms with E-state index in [1.807, 2.05) is 11.8 Å². The Kier molecular flexibility index (Phi) is 2.16. The van der Waals surface area contributed by atoms with Gasteiger partial charge in [0.05, 0.1) is 12.7 Å². The van der Waals surface area contributed by atoms with Crippen LogP contribution in [0.1, 0.15) is 34.6 Å². The van der Waals surface area contributed by atoms with E-state index in [0.29, 0.717) is 16.7 Å². The molecule has 1 aliphatic heterocycles. The number of nitrogens with one attached hydrogen (secondary N) is 1. The number of hydrogen-bond acceptors (Lipinski definition) is 2. The van der Waals surface area contributed by atoms with Crippen LogP contribution in [0.2, 0.25) is 0 Å². The minimum Gasteiger partial charge on any atom is -0.328 e. The van der Waals surface area contributed by atoms with E-state index in [1.54, 1.807) is 0 Å². The van der Waals surface area contributed by atoms with Crippen molar-refractivity contribution in [2.75, 3.05) is 13.2 Å². The van der Waals surface area contributed by atoms with Gasteiger partial charge in [0, 0.05) is 6.54 Å². The Morgan fingerprint density at radius 2 is 1.87 bits per heavy atom. The van der Waals surface area contributed by atoms with Crippen LogP contribution in [-0.2, 0) is 4.79 Å². The van der Waals surface area contributed by atoms with Crippen LogP contribution in [-0.4, -0.2) is 30.1 Å². The van der Waals surface area contributed by atoms with Gasteiger partial charge in [-0.2, -0.15) is 0 Å². The van der Waals surface area contributed by atoms with Gasteiger partial charge in [0.1, 0.15) is 0 Å². The Morgan fingerprint density at radius 1 is 1.33 bits per heavy atom. The lowest BCUT2D eigenvalue weighted by molar-refractivity contribution is -0.128. The molecule has 1 atom stereocenters. The second-order valence-electron chi connectivity index (χ2n) is 6.14. The van der Waals surface area contributed by atoms with Gasteiger partial charge in [0.2, 0.25) is 5.91 Å². The van der Waals surface area contributed by atoms with Crippen LogP contribution in [0, 0.1) is 16.7 Å². The molecule has 15 heavy (non-hydrogen) atoms. The standard InChI is InChI=1S/C12H22N2O/c1-8-10(15)14(7-13-8)6-9-11(2,3)12(9,4)5/h8-9,13H,6-7H2,1-5H3. The fraction of sp³-hybridized carbons (Fsp3) is 0.917. The number of hydrogen-bond donors (Lipinski definition) is 1. The third-order valence-corrected chi connectivity index (χ3v) is 4.99. The normalized spacial score (nSPS) is 33.5. The largest absolute Gasteiger partial charge is 0.328 e. The summed E-state index contributed by atoms with van der Waals surface area (Å²) in [6, 6.07) is 0.00924. The zero-order valence-corrected chi connectivity index (χ0v) is 10.4. The van der Waals surface area contributed by atoms with E-state index in [1.165, 1.54) is 0 Å². The first kappa shape index (κ1) is 10.9. The monoisotopic (exact) mass is 210 g/mol. The third kappa shape index (κ3) is 1.40. The van der Waals surface area contributed by atoms with E-state index in [9.17, 15) is 4.79 Å². The van der Waals surface area contributed by atoms with Gasteiger partial charge in [-0.3, -0.25) is 10.1 Å². The second kappa shape index (κ2) is 2.97. The molecule has 3 nitrogen and oxygen atoms in total. The van der Waals surface area contributed by atoms with Gasteiger partial charge in [-0.15, -0.1) is 0 Å². The summed E-state index contributed by atoms with van der Waals surface area (Å²) in [4.78, 5) is 13.7. The number of amides is 1. The third-order valence-electron chi connectivity index (χ3n) is 4.99. The van der Waals surface area contributed by atoms with E-state index in [0.717, 1.165) is 13.2 Å². The van der Waals surface area contributed by atoms with Crippen molar-refractivity contribution in [3.8, 4) is 0 Å². The molecular formula is C12H22N2O. The number of nitrogens with zero attached hydrogens (tertiary/aromatic N) is 1. The molecule has 2 aliphatic rings. The number of carbonyl (C=O) groups excluding carboxylic acids is 1. The first-order valence-electron chi connectivity index (χ1n) is 5.80. The summed E-state index contributed by atoms with van der Waals surface area (Å²) >= 11 is 0. The van der Waals surface area contributed by atoms with Gasteiger partial charge in [0.15, 0.2) is 0 Å². The highest BCUT2D eigenvalue weighted by Crippen LogP contribution is 2.68. The summed E-state index contributed by atoms with van der Waals surface area (Å²) in [5.41, 5.74) is 0.748. The maximum Gasteiger partial charge on any atom is 0.240 e. The molecule has 0 aromatic carbocycles. The Balaban J connectivity index is 1.98. The average Bonchev–Trinajstić information content (AvgIpc) is 2.43. The molecule has 0 aromatic heterocycles. The minimum atomic E-state index is 0.00924. The van der Waals surface area contributed by atoms with Crippen molar-refractivity contribution in [3.63, 3.8) is 0 Å². The van der Waals surface area contributed by atoms with Gasteiger partial charge in [-0.05, 0) is 23.7 Å². The van der Waals surface area contributed by atoms with Gasteiger partial charge < -0.3 is 4.90 Å². The Labute approximate surface area is 92.2 Å². The van der Waals surface area contributed by atoms with Crippen molar-refractivity contribution in [2.24, 2.45) is 16.7 Å². The minimum absolute atomic E-state index is 0.00924. The summed E-state index contributed by atoms with van der Waals surface area (Å²) in [6.07, 6.45) is 0. The Morgan fingerprint density at radius 3 is 2.20 bits per heavy atom.